The third-order valence-electron chi connectivity index (χ3n) is 6.70. The van der Waals surface area contributed by atoms with E-state index in [0.717, 1.165) is 65.0 Å². The lowest BCUT2D eigenvalue weighted by Gasteiger charge is -2.32. The highest BCUT2D eigenvalue weighted by molar-refractivity contribution is 5.98. The molecule has 1 amide bonds. The highest BCUT2D eigenvalue weighted by atomic mass is 16.5. The summed E-state index contributed by atoms with van der Waals surface area (Å²) in [5.74, 6) is 1.90. The first-order valence-corrected chi connectivity index (χ1v) is 11.2. The van der Waals surface area contributed by atoms with Crippen molar-refractivity contribution in [2.75, 3.05) is 11.5 Å². The Morgan fingerprint density at radius 1 is 1.23 bits per heavy atom. The van der Waals surface area contributed by atoms with Crippen molar-refractivity contribution in [3.8, 4) is 5.75 Å². The van der Waals surface area contributed by atoms with Crippen LogP contribution in [-0.2, 0) is 13.6 Å². The van der Waals surface area contributed by atoms with Gasteiger partial charge in [0, 0.05) is 30.9 Å². The second-order valence-corrected chi connectivity index (χ2v) is 8.63. The topological polar surface area (TPSA) is 72.3 Å². The summed E-state index contributed by atoms with van der Waals surface area (Å²) in [5, 5.41) is 8.28. The summed E-state index contributed by atoms with van der Waals surface area (Å²) in [4.78, 5) is 19.4. The largest absolute Gasteiger partial charge is 0.493 e. The predicted molar refractivity (Wildman–Crippen MR) is 121 cm³/mol. The lowest BCUT2D eigenvalue weighted by atomic mass is 10.1. The van der Waals surface area contributed by atoms with E-state index in [1.807, 2.05) is 30.1 Å². The Hall–Kier alpha value is -3.09. The molecule has 5 rings (SSSR count). The highest BCUT2D eigenvalue weighted by Crippen LogP contribution is 2.36. The summed E-state index contributed by atoms with van der Waals surface area (Å²) in [5.41, 5.74) is 3.77. The third-order valence-corrected chi connectivity index (χ3v) is 6.70. The Labute approximate surface area is 182 Å². The number of aryl methyl sites for hydroxylation is 2. The van der Waals surface area contributed by atoms with Gasteiger partial charge in [-0.1, -0.05) is 6.92 Å². The number of pyridine rings is 1. The lowest BCUT2D eigenvalue weighted by Crippen LogP contribution is -2.38. The first-order valence-electron chi connectivity index (χ1n) is 11.2. The number of ether oxygens (including phenoxy) is 1. The summed E-state index contributed by atoms with van der Waals surface area (Å²) in [6, 6.07) is 9.00. The maximum atomic E-state index is 12.0. The maximum absolute atomic E-state index is 12.0. The van der Waals surface area contributed by atoms with Crippen LogP contribution in [0.15, 0.2) is 30.5 Å². The SMILES string of the molecule is CCC1CCC(CCOc2ccc3c(cnn3C)c2)N1c1nc2c(cc1C)C(=O)NC2. The quantitative estimate of drug-likeness (QED) is 0.659. The smallest absolute Gasteiger partial charge is 0.253 e. The molecule has 0 spiro atoms. The monoisotopic (exact) mass is 419 g/mol. The molecule has 0 aliphatic carbocycles. The molecule has 7 heteroatoms. The van der Waals surface area contributed by atoms with Crippen LogP contribution in [-0.4, -0.2) is 39.4 Å². The molecular formula is C24H29N5O2. The van der Waals surface area contributed by atoms with Gasteiger partial charge in [-0.05, 0) is 56.0 Å². The van der Waals surface area contributed by atoms with E-state index >= 15 is 0 Å². The van der Waals surface area contributed by atoms with Crippen molar-refractivity contribution < 1.29 is 9.53 Å². The van der Waals surface area contributed by atoms with E-state index < -0.39 is 0 Å². The van der Waals surface area contributed by atoms with Gasteiger partial charge in [-0.3, -0.25) is 9.48 Å². The van der Waals surface area contributed by atoms with E-state index in [4.69, 9.17) is 9.72 Å². The first-order chi connectivity index (χ1) is 15.0. The molecule has 2 atom stereocenters. The summed E-state index contributed by atoms with van der Waals surface area (Å²) in [6.45, 7) is 5.49. The van der Waals surface area contributed by atoms with E-state index in [0.29, 0.717) is 25.2 Å². The van der Waals surface area contributed by atoms with Crippen LogP contribution in [0.3, 0.4) is 0 Å². The zero-order chi connectivity index (χ0) is 21.5. The average Bonchev–Trinajstić information content (AvgIpc) is 3.45. The van der Waals surface area contributed by atoms with E-state index in [1.54, 1.807) is 0 Å². The van der Waals surface area contributed by atoms with Gasteiger partial charge in [-0.15, -0.1) is 0 Å². The Bertz CT molecular complexity index is 1140. The number of nitrogens with one attached hydrogen (secondary N) is 1. The minimum absolute atomic E-state index is 0.0128. The molecule has 0 saturated carbocycles. The van der Waals surface area contributed by atoms with Crippen molar-refractivity contribution in [1.29, 1.82) is 0 Å². The second-order valence-electron chi connectivity index (χ2n) is 8.63. The summed E-state index contributed by atoms with van der Waals surface area (Å²) in [6.07, 6.45) is 6.20. The predicted octanol–water partition coefficient (Wildman–Crippen LogP) is 3.74. The Morgan fingerprint density at radius 2 is 2.06 bits per heavy atom. The van der Waals surface area contributed by atoms with Crippen LogP contribution in [0.4, 0.5) is 5.82 Å². The second kappa shape index (κ2) is 7.87. The molecule has 1 saturated heterocycles. The van der Waals surface area contributed by atoms with Gasteiger partial charge in [0.05, 0.1) is 36.1 Å². The molecule has 2 aliphatic rings. The molecule has 2 aromatic heterocycles. The first kappa shape index (κ1) is 19.8. The molecule has 1 aromatic carbocycles. The average molecular weight is 420 g/mol. The number of carbonyl (C=O) groups is 1. The third kappa shape index (κ3) is 3.52. The van der Waals surface area contributed by atoms with Crippen LogP contribution in [0.25, 0.3) is 10.9 Å². The lowest BCUT2D eigenvalue weighted by molar-refractivity contribution is 0.0965. The fourth-order valence-electron chi connectivity index (χ4n) is 5.03. The number of benzene rings is 1. The van der Waals surface area contributed by atoms with Crippen LogP contribution in [0.2, 0.25) is 0 Å². The van der Waals surface area contributed by atoms with Crippen molar-refractivity contribution >= 4 is 22.6 Å². The van der Waals surface area contributed by atoms with Gasteiger partial charge in [-0.2, -0.15) is 5.10 Å². The van der Waals surface area contributed by atoms with Gasteiger partial charge < -0.3 is 15.0 Å². The van der Waals surface area contributed by atoms with Crippen LogP contribution >= 0.6 is 0 Å². The van der Waals surface area contributed by atoms with Crippen molar-refractivity contribution in [1.82, 2.24) is 20.1 Å². The number of rotatable bonds is 6. The number of anilines is 1. The molecule has 162 valence electrons. The van der Waals surface area contributed by atoms with Crippen LogP contribution < -0.4 is 15.0 Å². The van der Waals surface area contributed by atoms with Crippen molar-refractivity contribution in [2.45, 2.75) is 58.2 Å². The molecule has 2 aliphatic heterocycles. The molecule has 7 nitrogen and oxygen atoms in total. The van der Waals surface area contributed by atoms with Crippen molar-refractivity contribution in [3.63, 3.8) is 0 Å². The van der Waals surface area contributed by atoms with Gasteiger partial charge in [0.25, 0.3) is 5.91 Å². The Morgan fingerprint density at radius 3 is 2.90 bits per heavy atom. The summed E-state index contributed by atoms with van der Waals surface area (Å²) in [7, 11) is 1.95. The van der Waals surface area contributed by atoms with Gasteiger partial charge in [0.15, 0.2) is 0 Å². The van der Waals surface area contributed by atoms with E-state index in [9.17, 15) is 4.79 Å². The number of carbonyl (C=O) groups excluding carboxylic acids is 1. The minimum atomic E-state index is -0.0128. The number of nitrogens with zero attached hydrogens (tertiary/aromatic N) is 4. The minimum Gasteiger partial charge on any atom is -0.493 e. The van der Waals surface area contributed by atoms with Crippen molar-refractivity contribution in [2.24, 2.45) is 7.05 Å². The Balaban J connectivity index is 1.32. The fraction of sp³-hybridized carbons (Fsp3) is 0.458. The van der Waals surface area contributed by atoms with E-state index in [1.165, 1.54) is 0 Å². The summed E-state index contributed by atoms with van der Waals surface area (Å²) < 4.78 is 7.99. The molecule has 1 N–H and O–H groups in total. The fourth-order valence-corrected chi connectivity index (χ4v) is 5.03. The van der Waals surface area contributed by atoms with E-state index in [-0.39, 0.29) is 5.91 Å². The van der Waals surface area contributed by atoms with Gasteiger partial charge in [-0.25, -0.2) is 4.98 Å². The van der Waals surface area contributed by atoms with E-state index in [2.05, 4.69) is 41.3 Å². The maximum Gasteiger partial charge on any atom is 0.253 e. The van der Waals surface area contributed by atoms with Crippen LogP contribution in [0.1, 0.15) is 54.2 Å². The zero-order valence-electron chi connectivity index (χ0n) is 18.4. The van der Waals surface area contributed by atoms with Crippen LogP contribution in [0.5, 0.6) is 5.75 Å². The molecule has 1 fully saturated rings. The Kier molecular flexibility index (Phi) is 5.04. The standard InChI is InChI=1S/C24H29N5O2/c1-4-17-5-6-18(9-10-31-19-7-8-22-16(12-19)13-26-28(22)3)29(17)23-15(2)11-20-21(27-23)14-25-24(20)30/h7-8,11-13,17-18H,4-6,9-10,14H2,1-3H3,(H,25,30). The normalized spacial score (nSPS) is 20.4. The van der Waals surface area contributed by atoms with Crippen molar-refractivity contribution in [3.05, 3.63) is 47.3 Å². The molecule has 2 unspecified atom stereocenters. The van der Waals surface area contributed by atoms with Gasteiger partial charge in [0.1, 0.15) is 11.6 Å². The molecule has 31 heavy (non-hydrogen) atoms. The number of hydrogen-bond acceptors (Lipinski definition) is 5. The molecule has 4 heterocycles. The molecule has 0 radical (unpaired) electrons. The number of hydrogen-bond donors (Lipinski definition) is 1. The van der Waals surface area contributed by atoms with Gasteiger partial charge in [0.2, 0.25) is 0 Å². The highest BCUT2D eigenvalue weighted by Gasteiger charge is 2.35. The molecular weight excluding hydrogens is 390 g/mol. The number of amides is 1. The summed E-state index contributed by atoms with van der Waals surface area (Å²) >= 11 is 0. The number of fused-ring (bicyclic) bond motifs is 2. The number of aromatic nitrogens is 3. The molecule has 3 aromatic rings. The van der Waals surface area contributed by atoms with Crippen LogP contribution in [0, 0.1) is 6.92 Å². The van der Waals surface area contributed by atoms with Gasteiger partial charge >= 0.3 is 0 Å². The zero-order valence-corrected chi connectivity index (χ0v) is 18.4. The molecule has 0 bridgehead atoms.